The molecule has 0 spiro atoms. The first-order chi connectivity index (χ1) is 7.24. The maximum atomic E-state index is 10.5. The molecule has 0 aromatic heterocycles. The number of rotatable bonds is 4. The third-order valence-electron chi connectivity index (χ3n) is 2.09. The third-order valence-corrected chi connectivity index (χ3v) is 2.09. The maximum absolute atomic E-state index is 10.5. The topological polar surface area (TPSA) is 38.7 Å². The average molecular weight is 203 g/mol. The molecule has 0 saturated carbocycles. The third kappa shape index (κ3) is 2.31. The van der Waals surface area contributed by atoms with Crippen LogP contribution in [0.3, 0.4) is 0 Å². The van der Waals surface area contributed by atoms with Crippen LogP contribution in [0.25, 0.3) is 6.08 Å². The summed E-state index contributed by atoms with van der Waals surface area (Å²) in [4.78, 5) is 10.5. The molecule has 3 nitrogen and oxygen atoms in total. The Labute approximate surface area is 89.1 Å². The van der Waals surface area contributed by atoms with E-state index in [1.165, 1.54) is 6.26 Å². The van der Waals surface area contributed by atoms with E-state index in [4.69, 9.17) is 4.74 Å². The zero-order valence-corrected chi connectivity index (χ0v) is 8.86. The fraction of sp³-hybridized carbons (Fsp3) is 0.167. The Morgan fingerprint density at radius 3 is 2.73 bits per heavy atom. The highest BCUT2D eigenvalue weighted by atomic mass is 16.5. The summed E-state index contributed by atoms with van der Waals surface area (Å²) in [6.07, 6.45) is 5.12. The number of nitrogens with zero attached hydrogens (tertiary/aromatic N) is 1. The van der Waals surface area contributed by atoms with Gasteiger partial charge in [-0.05, 0) is 36.7 Å². The van der Waals surface area contributed by atoms with Crippen LogP contribution in [-0.2, 0) is 0 Å². The molecule has 3 heteroatoms. The fourth-order valence-corrected chi connectivity index (χ4v) is 1.36. The molecule has 0 N–H and O–H groups in total. The summed E-state index contributed by atoms with van der Waals surface area (Å²) in [7, 11) is 0. The Bertz CT molecular complexity index is 408. The van der Waals surface area contributed by atoms with Crippen molar-refractivity contribution >= 4 is 11.8 Å². The fourth-order valence-electron chi connectivity index (χ4n) is 1.36. The summed E-state index contributed by atoms with van der Waals surface area (Å²) < 4.78 is 5.24. The van der Waals surface area contributed by atoms with Gasteiger partial charge in [0.2, 0.25) is 0 Å². The number of ether oxygens (including phenoxy) is 1. The first-order valence-corrected chi connectivity index (χ1v) is 4.61. The Morgan fingerprint density at radius 2 is 2.20 bits per heavy atom. The van der Waals surface area contributed by atoms with Gasteiger partial charge in [-0.25, -0.2) is 0 Å². The lowest BCUT2D eigenvalue weighted by molar-refractivity contribution is 0.482. The van der Waals surface area contributed by atoms with Gasteiger partial charge < -0.3 is 4.74 Å². The number of hydrogen-bond donors (Lipinski definition) is 0. The molecular formula is C12H13NO2. The number of hydrogen-bond acceptors (Lipinski definition) is 3. The molecule has 0 saturated heterocycles. The molecule has 0 unspecified atom stereocenters. The van der Waals surface area contributed by atoms with Crippen LogP contribution >= 0.6 is 0 Å². The number of allylic oxidation sites excluding steroid dienone is 1. The molecule has 0 fully saturated rings. The van der Waals surface area contributed by atoms with Crippen LogP contribution in [0.15, 0.2) is 36.2 Å². The largest absolute Gasteiger partial charge is 0.465 e. The maximum Gasteiger partial charge on any atom is 0.134 e. The molecule has 1 aromatic rings. The summed E-state index contributed by atoms with van der Waals surface area (Å²) in [6.45, 7) is 7.23. The summed E-state index contributed by atoms with van der Waals surface area (Å²) in [5.74, 6) is 0.674. The lowest BCUT2D eigenvalue weighted by atomic mass is 10.1. The molecule has 0 aliphatic heterocycles. The molecule has 0 radical (unpaired) electrons. The zero-order valence-electron chi connectivity index (χ0n) is 8.86. The predicted molar refractivity (Wildman–Crippen MR) is 62.2 cm³/mol. The van der Waals surface area contributed by atoms with Crippen LogP contribution < -0.4 is 4.74 Å². The first kappa shape index (κ1) is 11.2. The van der Waals surface area contributed by atoms with Gasteiger partial charge >= 0.3 is 0 Å². The minimum absolute atomic E-state index is 0.430. The van der Waals surface area contributed by atoms with Gasteiger partial charge in [0.05, 0.1) is 6.26 Å². The Balaban J connectivity index is 3.35. The monoisotopic (exact) mass is 203 g/mol. The van der Waals surface area contributed by atoms with E-state index in [9.17, 15) is 4.91 Å². The van der Waals surface area contributed by atoms with Gasteiger partial charge in [0, 0.05) is 5.56 Å². The van der Waals surface area contributed by atoms with Crippen molar-refractivity contribution in [2.75, 3.05) is 0 Å². The summed E-state index contributed by atoms with van der Waals surface area (Å²) in [5.41, 5.74) is 2.09. The van der Waals surface area contributed by atoms with E-state index in [0.29, 0.717) is 11.4 Å². The first-order valence-electron chi connectivity index (χ1n) is 4.61. The predicted octanol–water partition coefficient (Wildman–Crippen LogP) is 3.95. The number of benzene rings is 1. The molecule has 1 aromatic carbocycles. The smallest absolute Gasteiger partial charge is 0.134 e. The van der Waals surface area contributed by atoms with Crippen LogP contribution in [0.4, 0.5) is 5.69 Å². The Hall–Kier alpha value is -1.90. The van der Waals surface area contributed by atoms with Crippen LogP contribution in [-0.4, -0.2) is 0 Å². The van der Waals surface area contributed by atoms with Gasteiger partial charge in [0.15, 0.2) is 0 Å². The van der Waals surface area contributed by atoms with Crippen molar-refractivity contribution in [1.29, 1.82) is 0 Å². The van der Waals surface area contributed by atoms with Crippen molar-refractivity contribution in [1.82, 2.24) is 0 Å². The lowest BCUT2D eigenvalue weighted by Crippen LogP contribution is -1.89. The van der Waals surface area contributed by atoms with Crippen LogP contribution in [0.2, 0.25) is 0 Å². The Morgan fingerprint density at radius 1 is 1.47 bits per heavy atom. The highest BCUT2D eigenvalue weighted by Crippen LogP contribution is 2.31. The Kier molecular flexibility index (Phi) is 3.80. The zero-order chi connectivity index (χ0) is 11.3. The van der Waals surface area contributed by atoms with E-state index in [0.717, 1.165) is 11.1 Å². The van der Waals surface area contributed by atoms with E-state index >= 15 is 0 Å². The molecule has 0 atom stereocenters. The molecule has 0 aliphatic carbocycles. The summed E-state index contributed by atoms with van der Waals surface area (Å²) in [6, 6.07) is 3.34. The molecule has 0 bridgehead atoms. The second kappa shape index (κ2) is 5.10. The second-order valence-electron chi connectivity index (χ2n) is 3.00. The highest BCUT2D eigenvalue weighted by Gasteiger charge is 2.08. The second-order valence-corrected chi connectivity index (χ2v) is 3.00. The van der Waals surface area contributed by atoms with Crippen molar-refractivity contribution in [2.45, 2.75) is 13.8 Å². The van der Waals surface area contributed by atoms with Gasteiger partial charge in [0.25, 0.3) is 0 Å². The van der Waals surface area contributed by atoms with E-state index in [1.54, 1.807) is 12.1 Å². The molecule has 0 aliphatic rings. The van der Waals surface area contributed by atoms with Gasteiger partial charge in [-0.1, -0.05) is 18.7 Å². The van der Waals surface area contributed by atoms with Crippen LogP contribution in [0.5, 0.6) is 5.75 Å². The normalized spacial score (nSPS) is 10.3. The molecule has 1 rings (SSSR count). The van der Waals surface area contributed by atoms with Crippen molar-refractivity contribution in [3.05, 3.63) is 47.1 Å². The standard InChI is InChI=1S/C12H13NO2/c1-4-6-10-9(3)11(13-14)7-8-12(10)15-5-2/h4-8H,2H2,1,3H3/b6-4-. The van der Waals surface area contributed by atoms with Gasteiger partial charge in [-0.15, -0.1) is 4.91 Å². The van der Waals surface area contributed by atoms with Gasteiger partial charge in [0.1, 0.15) is 11.4 Å². The quantitative estimate of drug-likeness (QED) is 0.549. The molecule has 0 heterocycles. The summed E-state index contributed by atoms with van der Waals surface area (Å²) in [5, 5.41) is 2.95. The van der Waals surface area contributed by atoms with Crippen LogP contribution in [0, 0.1) is 11.8 Å². The van der Waals surface area contributed by atoms with Crippen molar-refractivity contribution in [2.24, 2.45) is 5.18 Å². The van der Waals surface area contributed by atoms with Crippen LogP contribution in [0.1, 0.15) is 18.1 Å². The van der Waals surface area contributed by atoms with E-state index in [1.807, 2.05) is 26.0 Å². The van der Waals surface area contributed by atoms with Gasteiger partial charge in [-0.2, -0.15) is 0 Å². The molecular weight excluding hydrogens is 190 g/mol. The van der Waals surface area contributed by atoms with E-state index < -0.39 is 0 Å². The summed E-state index contributed by atoms with van der Waals surface area (Å²) >= 11 is 0. The average Bonchev–Trinajstić information content (AvgIpc) is 2.24. The minimum atomic E-state index is 0.430. The van der Waals surface area contributed by atoms with Crippen molar-refractivity contribution in [3.63, 3.8) is 0 Å². The minimum Gasteiger partial charge on any atom is -0.465 e. The molecule has 0 amide bonds. The van der Waals surface area contributed by atoms with Crippen molar-refractivity contribution < 1.29 is 4.74 Å². The van der Waals surface area contributed by atoms with Gasteiger partial charge in [-0.3, -0.25) is 0 Å². The lowest BCUT2D eigenvalue weighted by Gasteiger charge is -2.08. The highest BCUT2D eigenvalue weighted by molar-refractivity contribution is 5.67. The van der Waals surface area contributed by atoms with E-state index in [2.05, 4.69) is 11.8 Å². The molecule has 15 heavy (non-hydrogen) atoms. The van der Waals surface area contributed by atoms with E-state index in [-0.39, 0.29) is 0 Å². The molecule has 78 valence electrons. The van der Waals surface area contributed by atoms with Crippen molar-refractivity contribution in [3.8, 4) is 5.75 Å². The number of nitroso groups, excluding NO2 is 1. The SMILES string of the molecule is C=COc1ccc(N=O)c(C)c1/C=C\C.